The van der Waals surface area contributed by atoms with Crippen molar-refractivity contribution in [1.29, 1.82) is 0 Å². The summed E-state index contributed by atoms with van der Waals surface area (Å²) in [5.74, 6) is -0.121. The summed E-state index contributed by atoms with van der Waals surface area (Å²) in [6.07, 6.45) is 3.06. The van der Waals surface area contributed by atoms with Crippen LogP contribution in [0.1, 0.15) is 46.9 Å². The minimum Gasteiger partial charge on any atom is -0.396 e. The van der Waals surface area contributed by atoms with E-state index >= 15 is 0 Å². The Balaban J connectivity index is 2.22. The van der Waals surface area contributed by atoms with Crippen LogP contribution in [0.4, 0.5) is 0 Å². The molecule has 2 N–H and O–H groups in total. The van der Waals surface area contributed by atoms with E-state index in [1.165, 1.54) is 0 Å². The zero-order valence-electron chi connectivity index (χ0n) is 14.3. The topological polar surface area (TPSA) is 67.2 Å². The Kier molecular flexibility index (Phi) is 5.55. The molecule has 5 nitrogen and oxygen atoms in total. The minimum absolute atomic E-state index is 0.0260. The summed E-state index contributed by atoms with van der Waals surface area (Å²) < 4.78 is 1.82. The average Bonchev–Trinajstić information content (AvgIpc) is 2.89. The molecule has 0 spiro atoms. The Morgan fingerprint density at radius 3 is 2.78 bits per heavy atom. The number of hydrogen-bond acceptors (Lipinski definition) is 3. The molecule has 0 saturated heterocycles. The standard InChI is InChI=1S/C18H25N3O2/c1-12-7-8-13(2)17(10-12)21-15(4)16(11-19-21)18(23)20-14(3)6-5-9-22/h7-8,10-11,14,22H,5-6,9H2,1-4H3,(H,20,23). The second kappa shape index (κ2) is 7.42. The van der Waals surface area contributed by atoms with Crippen molar-refractivity contribution in [3.63, 3.8) is 0 Å². The predicted octanol–water partition coefficient (Wildman–Crippen LogP) is 2.69. The second-order valence-electron chi connectivity index (χ2n) is 6.09. The van der Waals surface area contributed by atoms with Crippen LogP contribution in [0.2, 0.25) is 0 Å². The third kappa shape index (κ3) is 3.99. The fraction of sp³-hybridized carbons (Fsp3) is 0.444. The van der Waals surface area contributed by atoms with Gasteiger partial charge in [0.25, 0.3) is 5.91 Å². The maximum Gasteiger partial charge on any atom is 0.254 e. The Hall–Kier alpha value is -2.14. The first-order chi connectivity index (χ1) is 10.9. The quantitative estimate of drug-likeness (QED) is 0.861. The summed E-state index contributed by atoms with van der Waals surface area (Å²) in [6, 6.07) is 6.22. The molecule has 1 amide bonds. The zero-order chi connectivity index (χ0) is 17.0. The van der Waals surface area contributed by atoms with E-state index in [-0.39, 0.29) is 18.6 Å². The molecule has 1 heterocycles. The van der Waals surface area contributed by atoms with Crippen LogP contribution in [0, 0.1) is 20.8 Å². The Labute approximate surface area is 137 Å². The first-order valence-corrected chi connectivity index (χ1v) is 7.98. The van der Waals surface area contributed by atoms with Gasteiger partial charge in [0.05, 0.1) is 23.1 Å². The summed E-state index contributed by atoms with van der Waals surface area (Å²) in [7, 11) is 0. The molecule has 0 radical (unpaired) electrons. The molecule has 5 heteroatoms. The number of carbonyl (C=O) groups is 1. The smallest absolute Gasteiger partial charge is 0.254 e. The van der Waals surface area contributed by atoms with Crippen LogP contribution in [-0.4, -0.2) is 33.4 Å². The number of nitrogens with zero attached hydrogens (tertiary/aromatic N) is 2. The van der Waals surface area contributed by atoms with Crippen molar-refractivity contribution in [2.24, 2.45) is 0 Å². The lowest BCUT2D eigenvalue weighted by atomic mass is 10.1. The van der Waals surface area contributed by atoms with Crippen molar-refractivity contribution in [1.82, 2.24) is 15.1 Å². The van der Waals surface area contributed by atoms with Crippen molar-refractivity contribution < 1.29 is 9.90 Å². The van der Waals surface area contributed by atoms with Crippen molar-refractivity contribution in [3.05, 3.63) is 46.8 Å². The van der Waals surface area contributed by atoms with Crippen LogP contribution >= 0.6 is 0 Å². The molecule has 1 aromatic heterocycles. The molecule has 0 bridgehead atoms. The predicted molar refractivity (Wildman–Crippen MR) is 91.0 cm³/mol. The van der Waals surface area contributed by atoms with Gasteiger partial charge in [0.2, 0.25) is 0 Å². The number of benzene rings is 1. The van der Waals surface area contributed by atoms with Crippen LogP contribution in [0.15, 0.2) is 24.4 Å². The number of aromatic nitrogens is 2. The third-order valence-electron chi connectivity index (χ3n) is 4.02. The van der Waals surface area contributed by atoms with Gasteiger partial charge in [0.1, 0.15) is 0 Å². The molecule has 2 aromatic rings. The molecule has 1 atom stereocenters. The number of rotatable bonds is 6. The molecule has 0 aliphatic carbocycles. The van der Waals surface area contributed by atoms with Gasteiger partial charge in [-0.1, -0.05) is 12.1 Å². The number of aliphatic hydroxyl groups is 1. The zero-order valence-corrected chi connectivity index (χ0v) is 14.3. The highest BCUT2D eigenvalue weighted by atomic mass is 16.3. The maximum absolute atomic E-state index is 12.4. The number of hydrogen-bond donors (Lipinski definition) is 2. The molecule has 124 valence electrons. The molecule has 0 saturated carbocycles. The van der Waals surface area contributed by atoms with Gasteiger partial charge in [-0.3, -0.25) is 4.79 Å². The van der Waals surface area contributed by atoms with E-state index in [0.717, 1.165) is 28.9 Å². The number of amides is 1. The van der Waals surface area contributed by atoms with E-state index in [4.69, 9.17) is 5.11 Å². The van der Waals surface area contributed by atoms with E-state index in [1.807, 2.05) is 32.4 Å². The van der Waals surface area contributed by atoms with Gasteiger partial charge < -0.3 is 10.4 Å². The summed E-state index contributed by atoms with van der Waals surface area (Å²) in [5.41, 5.74) is 4.68. The summed E-state index contributed by atoms with van der Waals surface area (Å²) in [6.45, 7) is 8.06. The molecular formula is C18H25N3O2. The summed E-state index contributed by atoms with van der Waals surface area (Å²) in [4.78, 5) is 12.4. The monoisotopic (exact) mass is 315 g/mol. The molecule has 0 aliphatic heterocycles. The van der Waals surface area contributed by atoms with Crippen molar-refractivity contribution in [2.45, 2.75) is 46.6 Å². The van der Waals surface area contributed by atoms with Crippen molar-refractivity contribution >= 4 is 5.91 Å². The molecule has 0 aliphatic rings. The molecular weight excluding hydrogens is 290 g/mol. The van der Waals surface area contributed by atoms with E-state index in [0.29, 0.717) is 12.0 Å². The second-order valence-corrected chi connectivity index (χ2v) is 6.09. The summed E-state index contributed by atoms with van der Waals surface area (Å²) >= 11 is 0. The van der Waals surface area contributed by atoms with E-state index < -0.39 is 0 Å². The van der Waals surface area contributed by atoms with Crippen LogP contribution in [-0.2, 0) is 0 Å². The third-order valence-corrected chi connectivity index (χ3v) is 4.02. The highest BCUT2D eigenvalue weighted by molar-refractivity contribution is 5.95. The Morgan fingerprint density at radius 2 is 2.09 bits per heavy atom. The fourth-order valence-corrected chi connectivity index (χ4v) is 2.59. The lowest BCUT2D eigenvalue weighted by Crippen LogP contribution is -2.32. The molecule has 23 heavy (non-hydrogen) atoms. The van der Waals surface area contributed by atoms with Gasteiger partial charge in [-0.05, 0) is 57.7 Å². The van der Waals surface area contributed by atoms with Gasteiger partial charge in [0.15, 0.2) is 0 Å². The van der Waals surface area contributed by atoms with Crippen LogP contribution in [0.25, 0.3) is 5.69 Å². The van der Waals surface area contributed by atoms with Gasteiger partial charge >= 0.3 is 0 Å². The van der Waals surface area contributed by atoms with Gasteiger partial charge in [-0.2, -0.15) is 5.10 Å². The van der Waals surface area contributed by atoms with E-state index in [2.05, 4.69) is 28.6 Å². The van der Waals surface area contributed by atoms with Gasteiger partial charge in [0, 0.05) is 12.6 Å². The van der Waals surface area contributed by atoms with Gasteiger partial charge in [-0.25, -0.2) is 4.68 Å². The van der Waals surface area contributed by atoms with Crippen LogP contribution in [0.3, 0.4) is 0 Å². The number of aliphatic hydroxyl groups excluding tert-OH is 1. The largest absolute Gasteiger partial charge is 0.396 e. The molecule has 1 aromatic carbocycles. The van der Waals surface area contributed by atoms with Crippen molar-refractivity contribution in [3.8, 4) is 5.69 Å². The highest BCUT2D eigenvalue weighted by Crippen LogP contribution is 2.19. The SMILES string of the molecule is Cc1ccc(C)c(-n2ncc(C(=O)NC(C)CCCO)c2C)c1. The Morgan fingerprint density at radius 1 is 1.35 bits per heavy atom. The van der Waals surface area contributed by atoms with Gasteiger partial charge in [-0.15, -0.1) is 0 Å². The van der Waals surface area contributed by atoms with Crippen LogP contribution in [0.5, 0.6) is 0 Å². The molecule has 0 fully saturated rings. The Bertz CT molecular complexity index is 692. The summed E-state index contributed by atoms with van der Waals surface area (Å²) in [5, 5.41) is 16.2. The lowest BCUT2D eigenvalue weighted by molar-refractivity contribution is 0.0936. The lowest BCUT2D eigenvalue weighted by Gasteiger charge is -2.13. The average molecular weight is 315 g/mol. The normalized spacial score (nSPS) is 12.2. The minimum atomic E-state index is -0.121. The first kappa shape index (κ1) is 17.2. The highest BCUT2D eigenvalue weighted by Gasteiger charge is 2.17. The van der Waals surface area contributed by atoms with E-state index in [1.54, 1.807) is 6.20 Å². The number of carbonyl (C=O) groups excluding carboxylic acids is 1. The van der Waals surface area contributed by atoms with E-state index in [9.17, 15) is 4.79 Å². The fourth-order valence-electron chi connectivity index (χ4n) is 2.59. The van der Waals surface area contributed by atoms with Crippen molar-refractivity contribution in [2.75, 3.05) is 6.61 Å². The molecule has 2 rings (SSSR count). The van der Waals surface area contributed by atoms with Crippen LogP contribution < -0.4 is 5.32 Å². The maximum atomic E-state index is 12.4. The first-order valence-electron chi connectivity index (χ1n) is 7.98. The number of aryl methyl sites for hydroxylation is 2. The number of nitrogens with one attached hydrogen (secondary N) is 1. The molecule has 1 unspecified atom stereocenters.